The number of esters is 1. The van der Waals surface area contributed by atoms with E-state index in [0.29, 0.717) is 11.1 Å². The lowest BCUT2D eigenvalue weighted by atomic mass is 9.99. The molecule has 0 saturated carbocycles. The second-order valence-corrected chi connectivity index (χ2v) is 9.99. The Balaban J connectivity index is 2.53. The summed E-state index contributed by atoms with van der Waals surface area (Å²) in [5.41, 5.74) is 1.15. The Labute approximate surface area is 234 Å². The van der Waals surface area contributed by atoms with Crippen LogP contribution < -0.4 is 10.6 Å². The number of methoxy groups -OCH3 is 1. The Hall–Kier alpha value is -4.59. The number of phenols is 1. The fourth-order valence-corrected chi connectivity index (χ4v) is 3.83. The number of nitrogens with zero attached hydrogens (tertiary/aromatic N) is 2. The molecule has 0 fully saturated rings. The number of benzene rings is 2. The second kappa shape index (κ2) is 14.5. The molecule has 2 aromatic rings. The third-order valence-corrected chi connectivity index (χ3v) is 5.79. The number of phenolic OH excluding ortho intramolecular Hbond substituents is 1. The Bertz CT molecular complexity index is 1210. The first-order valence-electron chi connectivity index (χ1n) is 12.8. The highest BCUT2D eigenvalue weighted by atomic mass is 16.6. The molecule has 11 nitrogen and oxygen atoms in total. The van der Waals surface area contributed by atoms with E-state index in [9.17, 15) is 29.5 Å². The number of hydrogen-bond donors (Lipinski definition) is 3. The highest BCUT2D eigenvalue weighted by Crippen LogP contribution is 2.24. The SMILES string of the molecule is CCc1ccc(C(C(=O)NCC(=O)OC)N(CC#N)C(=O)C(Cc2ccc(O)cc2)NC(=O)OC(C)(C)C)cc1. The number of aryl methyl sites for hydroxylation is 1. The molecule has 0 saturated heterocycles. The summed E-state index contributed by atoms with van der Waals surface area (Å²) >= 11 is 0. The number of hydrogen-bond acceptors (Lipinski definition) is 8. The summed E-state index contributed by atoms with van der Waals surface area (Å²) in [6.45, 7) is 6.05. The predicted molar refractivity (Wildman–Crippen MR) is 146 cm³/mol. The van der Waals surface area contributed by atoms with Crippen LogP contribution >= 0.6 is 0 Å². The zero-order valence-corrected chi connectivity index (χ0v) is 23.4. The molecule has 40 heavy (non-hydrogen) atoms. The third kappa shape index (κ3) is 9.62. The van der Waals surface area contributed by atoms with Crippen LogP contribution in [0.1, 0.15) is 50.4 Å². The van der Waals surface area contributed by atoms with Gasteiger partial charge in [-0.15, -0.1) is 0 Å². The van der Waals surface area contributed by atoms with Gasteiger partial charge in [-0.3, -0.25) is 14.4 Å². The first kappa shape index (κ1) is 31.6. The van der Waals surface area contributed by atoms with E-state index in [4.69, 9.17) is 4.74 Å². The lowest BCUT2D eigenvalue weighted by Crippen LogP contribution is -2.54. The van der Waals surface area contributed by atoms with Gasteiger partial charge in [0, 0.05) is 6.42 Å². The zero-order chi connectivity index (χ0) is 29.9. The standard InChI is InChI=1S/C29H36N4O7/c1-6-19-7-11-21(12-8-19)25(26(36)31-18-24(35)39-5)33(16-15-30)27(37)23(32-28(38)40-29(2,3)4)17-20-9-13-22(34)14-10-20/h7-14,23,25,34H,6,16-18H2,1-5H3,(H,31,36)(H,32,38). The van der Waals surface area contributed by atoms with E-state index in [1.807, 2.05) is 13.0 Å². The highest BCUT2D eigenvalue weighted by Gasteiger charge is 2.36. The van der Waals surface area contributed by atoms with Crippen molar-refractivity contribution in [1.82, 2.24) is 15.5 Å². The lowest BCUT2D eigenvalue weighted by molar-refractivity contribution is -0.144. The number of ether oxygens (including phenoxy) is 2. The molecule has 3 amide bonds. The number of alkyl carbamates (subject to hydrolysis) is 1. The molecule has 0 spiro atoms. The molecular weight excluding hydrogens is 516 g/mol. The summed E-state index contributed by atoms with van der Waals surface area (Å²) in [4.78, 5) is 52.9. The smallest absolute Gasteiger partial charge is 0.408 e. The fraction of sp³-hybridized carbons (Fsp3) is 0.414. The van der Waals surface area contributed by atoms with Gasteiger partial charge in [0.1, 0.15) is 36.5 Å². The normalized spacial score (nSPS) is 12.3. The van der Waals surface area contributed by atoms with Crippen LogP contribution in [0.5, 0.6) is 5.75 Å². The third-order valence-electron chi connectivity index (χ3n) is 5.79. The van der Waals surface area contributed by atoms with E-state index in [1.54, 1.807) is 57.2 Å². The maximum atomic E-state index is 14.0. The molecule has 0 aliphatic heterocycles. The average Bonchev–Trinajstić information content (AvgIpc) is 2.91. The minimum atomic E-state index is -1.30. The van der Waals surface area contributed by atoms with Crippen molar-refractivity contribution < 1.29 is 33.8 Å². The molecule has 11 heteroatoms. The number of carbonyl (C=O) groups is 4. The molecule has 2 unspecified atom stereocenters. The molecule has 214 valence electrons. The zero-order valence-electron chi connectivity index (χ0n) is 23.4. The number of rotatable bonds is 11. The summed E-state index contributed by atoms with van der Waals surface area (Å²) in [7, 11) is 1.18. The predicted octanol–water partition coefficient (Wildman–Crippen LogP) is 2.77. The Morgan fingerprint density at radius 2 is 1.62 bits per heavy atom. The van der Waals surface area contributed by atoms with E-state index >= 15 is 0 Å². The molecule has 3 N–H and O–H groups in total. The molecule has 0 aliphatic rings. The van der Waals surface area contributed by atoms with Gasteiger partial charge in [-0.05, 0) is 56.0 Å². The van der Waals surface area contributed by atoms with Crippen molar-refractivity contribution in [2.75, 3.05) is 20.2 Å². The van der Waals surface area contributed by atoms with Gasteiger partial charge in [0.25, 0.3) is 0 Å². The fourth-order valence-electron chi connectivity index (χ4n) is 3.83. The number of amides is 3. The van der Waals surface area contributed by atoms with Crippen molar-refractivity contribution in [3.8, 4) is 11.8 Å². The Morgan fingerprint density at radius 1 is 1.02 bits per heavy atom. The number of aromatic hydroxyl groups is 1. The molecule has 0 aliphatic carbocycles. The molecule has 2 rings (SSSR count). The van der Waals surface area contributed by atoms with Crippen molar-refractivity contribution in [3.05, 3.63) is 65.2 Å². The molecule has 2 aromatic carbocycles. The lowest BCUT2D eigenvalue weighted by Gasteiger charge is -2.33. The second-order valence-electron chi connectivity index (χ2n) is 9.99. The van der Waals surface area contributed by atoms with E-state index in [-0.39, 0.29) is 12.2 Å². The van der Waals surface area contributed by atoms with Crippen LogP contribution in [0.2, 0.25) is 0 Å². The van der Waals surface area contributed by atoms with Gasteiger partial charge in [-0.2, -0.15) is 5.26 Å². The Morgan fingerprint density at radius 3 is 2.15 bits per heavy atom. The first-order chi connectivity index (χ1) is 18.9. The van der Waals surface area contributed by atoms with Crippen LogP contribution in [0.4, 0.5) is 4.79 Å². The van der Waals surface area contributed by atoms with Crippen molar-refractivity contribution in [2.24, 2.45) is 0 Å². The van der Waals surface area contributed by atoms with Crippen LogP contribution in [-0.2, 0) is 36.7 Å². The van der Waals surface area contributed by atoms with Gasteiger partial charge < -0.3 is 30.1 Å². The van der Waals surface area contributed by atoms with Gasteiger partial charge in [-0.25, -0.2) is 4.79 Å². The minimum absolute atomic E-state index is 0.0223. The minimum Gasteiger partial charge on any atom is -0.508 e. The van der Waals surface area contributed by atoms with Crippen molar-refractivity contribution >= 4 is 23.9 Å². The van der Waals surface area contributed by atoms with E-state index in [0.717, 1.165) is 16.9 Å². The maximum absolute atomic E-state index is 14.0. The summed E-state index contributed by atoms with van der Waals surface area (Å²) in [6.07, 6.45) is -0.138. The summed E-state index contributed by atoms with van der Waals surface area (Å²) < 4.78 is 9.96. The van der Waals surface area contributed by atoms with Crippen molar-refractivity contribution in [3.63, 3.8) is 0 Å². The summed E-state index contributed by atoms with van der Waals surface area (Å²) in [5.74, 6) is -2.10. The van der Waals surface area contributed by atoms with Gasteiger partial charge >= 0.3 is 12.1 Å². The monoisotopic (exact) mass is 552 g/mol. The van der Waals surface area contributed by atoms with Crippen molar-refractivity contribution in [2.45, 2.75) is 58.2 Å². The maximum Gasteiger partial charge on any atom is 0.408 e. The first-order valence-corrected chi connectivity index (χ1v) is 12.8. The van der Waals surface area contributed by atoms with Crippen LogP contribution in [-0.4, -0.2) is 65.7 Å². The van der Waals surface area contributed by atoms with Gasteiger partial charge in [0.15, 0.2) is 0 Å². The van der Waals surface area contributed by atoms with Gasteiger partial charge in [0.05, 0.1) is 13.2 Å². The number of nitriles is 1. The van der Waals surface area contributed by atoms with Crippen LogP contribution in [0, 0.1) is 11.3 Å². The summed E-state index contributed by atoms with van der Waals surface area (Å²) in [6, 6.07) is 12.4. The topological polar surface area (TPSA) is 158 Å². The van der Waals surface area contributed by atoms with Crippen LogP contribution in [0.15, 0.2) is 48.5 Å². The highest BCUT2D eigenvalue weighted by molar-refractivity contribution is 5.93. The van der Waals surface area contributed by atoms with Gasteiger partial charge in [-0.1, -0.05) is 43.3 Å². The number of carbonyl (C=O) groups excluding carboxylic acids is 4. The van der Waals surface area contributed by atoms with Crippen molar-refractivity contribution in [1.29, 1.82) is 5.26 Å². The molecule has 0 aromatic heterocycles. The molecule has 0 heterocycles. The van der Waals surface area contributed by atoms with E-state index < -0.39 is 54.7 Å². The Kier molecular flexibility index (Phi) is 11.5. The van der Waals surface area contributed by atoms with Gasteiger partial charge in [0.2, 0.25) is 11.8 Å². The molecule has 0 radical (unpaired) electrons. The number of nitrogens with one attached hydrogen (secondary N) is 2. The van der Waals surface area contributed by atoms with E-state index in [1.165, 1.54) is 19.2 Å². The van der Waals surface area contributed by atoms with Crippen LogP contribution in [0.25, 0.3) is 0 Å². The molecular formula is C29H36N4O7. The van der Waals surface area contributed by atoms with E-state index in [2.05, 4.69) is 15.4 Å². The molecule has 0 bridgehead atoms. The average molecular weight is 553 g/mol. The van der Waals surface area contributed by atoms with Crippen LogP contribution in [0.3, 0.4) is 0 Å². The largest absolute Gasteiger partial charge is 0.508 e. The quantitative estimate of drug-likeness (QED) is 0.284. The molecule has 2 atom stereocenters. The summed E-state index contributed by atoms with van der Waals surface area (Å²) in [5, 5.41) is 24.3.